The van der Waals surface area contributed by atoms with E-state index in [1.165, 1.54) is 11.1 Å². The minimum Gasteiger partial charge on any atom is -0.484 e. The Morgan fingerprint density at radius 1 is 0.933 bits per heavy atom. The second kappa shape index (κ2) is 7.64. The Kier molecular flexibility index (Phi) is 5.15. The lowest BCUT2D eigenvalue weighted by molar-refractivity contribution is -0.121. The molecular formula is C27H29NO2. The number of carbonyl (C=O) groups excluding carboxylic acids is 1. The molecule has 0 N–H and O–H groups in total. The summed E-state index contributed by atoms with van der Waals surface area (Å²) in [4.78, 5) is 15.4. The molecule has 154 valence electrons. The van der Waals surface area contributed by atoms with Crippen molar-refractivity contribution >= 4 is 11.6 Å². The standard InChI is InChI=1S/C27H29NO2/c1-20-15-16-23-24(17-20)28(25(29)18-30-22-13-9-6-10-14-22)26(2,3)19-27(23,4)21-11-7-5-8-12-21/h5-17H,18-19H2,1-4H3/t27-/m0/s1. The quantitative estimate of drug-likeness (QED) is 0.547. The first-order chi connectivity index (χ1) is 14.3. The van der Waals surface area contributed by atoms with Crippen LogP contribution < -0.4 is 9.64 Å². The number of benzene rings is 3. The van der Waals surface area contributed by atoms with Crippen LogP contribution in [-0.2, 0) is 10.2 Å². The molecule has 0 unspecified atom stereocenters. The molecule has 0 fully saturated rings. The van der Waals surface area contributed by atoms with E-state index in [1.54, 1.807) is 0 Å². The topological polar surface area (TPSA) is 29.5 Å². The first kappa shape index (κ1) is 20.2. The Balaban J connectivity index is 1.75. The van der Waals surface area contributed by atoms with Gasteiger partial charge in [-0.15, -0.1) is 0 Å². The maximum atomic E-state index is 13.4. The zero-order valence-electron chi connectivity index (χ0n) is 18.2. The van der Waals surface area contributed by atoms with Gasteiger partial charge >= 0.3 is 0 Å². The van der Waals surface area contributed by atoms with Crippen LogP contribution in [0.4, 0.5) is 5.69 Å². The van der Waals surface area contributed by atoms with Gasteiger partial charge in [-0.3, -0.25) is 4.79 Å². The molecule has 3 aromatic carbocycles. The lowest BCUT2D eigenvalue weighted by Crippen LogP contribution is -2.57. The van der Waals surface area contributed by atoms with Crippen molar-refractivity contribution in [3.05, 3.63) is 95.6 Å². The van der Waals surface area contributed by atoms with Crippen LogP contribution in [0.2, 0.25) is 0 Å². The van der Waals surface area contributed by atoms with Gasteiger partial charge in [0.2, 0.25) is 0 Å². The Labute approximate surface area is 179 Å². The van der Waals surface area contributed by atoms with Crippen LogP contribution in [0.1, 0.15) is 43.9 Å². The van der Waals surface area contributed by atoms with Crippen LogP contribution in [0.5, 0.6) is 5.75 Å². The van der Waals surface area contributed by atoms with Crippen molar-refractivity contribution in [1.29, 1.82) is 0 Å². The van der Waals surface area contributed by atoms with Crippen molar-refractivity contribution in [2.75, 3.05) is 11.5 Å². The zero-order valence-corrected chi connectivity index (χ0v) is 18.2. The van der Waals surface area contributed by atoms with Crippen LogP contribution in [-0.4, -0.2) is 18.1 Å². The fourth-order valence-electron chi connectivity index (χ4n) is 4.92. The van der Waals surface area contributed by atoms with Gasteiger partial charge in [0.05, 0.1) is 0 Å². The molecule has 1 amide bonds. The van der Waals surface area contributed by atoms with Gasteiger partial charge < -0.3 is 9.64 Å². The van der Waals surface area contributed by atoms with E-state index in [2.05, 4.69) is 70.2 Å². The number of nitrogens with zero attached hydrogens (tertiary/aromatic N) is 1. The van der Waals surface area contributed by atoms with Crippen molar-refractivity contribution in [2.45, 2.75) is 45.1 Å². The molecule has 3 aromatic rings. The third-order valence-electron chi connectivity index (χ3n) is 6.15. The number of anilines is 1. The fraction of sp³-hybridized carbons (Fsp3) is 0.296. The monoisotopic (exact) mass is 399 g/mol. The number of hydrogen-bond donors (Lipinski definition) is 0. The lowest BCUT2D eigenvalue weighted by atomic mass is 9.65. The summed E-state index contributed by atoms with van der Waals surface area (Å²) in [5.41, 5.74) is 4.05. The lowest BCUT2D eigenvalue weighted by Gasteiger charge is -2.51. The second-order valence-electron chi connectivity index (χ2n) is 9.04. The molecule has 30 heavy (non-hydrogen) atoms. The highest BCUT2D eigenvalue weighted by molar-refractivity contribution is 5.97. The van der Waals surface area contributed by atoms with E-state index in [9.17, 15) is 4.79 Å². The summed E-state index contributed by atoms with van der Waals surface area (Å²) in [5.74, 6) is 0.685. The molecule has 1 atom stereocenters. The van der Waals surface area contributed by atoms with Gasteiger partial charge in [-0.05, 0) is 62.1 Å². The Bertz CT molecular complexity index is 1040. The molecule has 0 aromatic heterocycles. The van der Waals surface area contributed by atoms with E-state index in [1.807, 2.05) is 41.3 Å². The number of ether oxygens (including phenoxy) is 1. The fourth-order valence-corrected chi connectivity index (χ4v) is 4.92. The van der Waals surface area contributed by atoms with Crippen LogP contribution in [0.15, 0.2) is 78.9 Å². The summed E-state index contributed by atoms with van der Waals surface area (Å²) in [6, 6.07) is 26.6. The summed E-state index contributed by atoms with van der Waals surface area (Å²) in [6.45, 7) is 8.69. The summed E-state index contributed by atoms with van der Waals surface area (Å²) in [6.07, 6.45) is 0.831. The number of carbonyl (C=O) groups is 1. The van der Waals surface area contributed by atoms with Gasteiger partial charge in [-0.2, -0.15) is 0 Å². The van der Waals surface area contributed by atoms with Gasteiger partial charge in [0, 0.05) is 16.6 Å². The van der Waals surface area contributed by atoms with Crippen molar-refractivity contribution in [3.8, 4) is 5.75 Å². The van der Waals surface area contributed by atoms with Crippen LogP contribution in [0.3, 0.4) is 0 Å². The predicted octanol–water partition coefficient (Wildman–Crippen LogP) is 5.90. The Morgan fingerprint density at radius 3 is 2.23 bits per heavy atom. The number of para-hydroxylation sites is 1. The summed E-state index contributed by atoms with van der Waals surface area (Å²) in [7, 11) is 0. The average molecular weight is 400 g/mol. The van der Waals surface area contributed by atoms with Crippen molar-refractivity contribution in [1.82, 2.24) is 0 Å². The highest BCUT2D eigenvalue weighted by Crippen LogP contribution is 2.50. The van der Waals surface area contributed by atoms with Crippen LogP contribution >= 0.6 is 0 Å². The number of hydrogen-bond acceptors (Lipinski definition) is 2. The second-order valence-corrected chi connectivity index (χ2v) is 9.04. The third-order valence-corrected chi connectivity index (χ3v) is 6.15. The summed E-state index contributed by atoms with van der Waals surface area (Å²) >= 11 is 0. The third kappa shape index (κ3) is 3.60. The molecule has 0 saturated heterocycles. The van der Waals surface area contributed by atoms with Gasteiger partial charge in [0.1, 0.15) is 5.75 Å². The molecule has 1 aliphatic heterocycles. The van der Waals surface area contributed by atoms with Gasteiger partial charge in [-0.25, -0.2) is 0 Å². The van der Waals surface area contributed by atoms with Crippen molar-refractivity contribution in [3.63, 3.8) is 0 Å². The van der Waals surface area contributed by atoms with Gasteiger partial charge in [0.25, 0.3) is 5.91 Å². The maximum Gasteiger partial charge on any atom is 0.265 e. The molecule has 1 aliphatic rings. The molecule has 4 rings (SSSR count). The summed E-state index contributed by atoms with van der Waals surface area (Å²) in [5, 5.41) is 0. The van der Waals surface area contributed by atoms with E-state index in [4.69, 9.17) is 4.74 Å². The molecule has 0 radical (unpaired) electrons. The number of aryl methyl sites for hydroxylation is 1. The number of fused-ring (bicyclic) bond motifs is 1. The first-order valence-electron chi connectivity index (χ1n) is 10.5. The smallest absolute Gasteiger partial charge is 0.265 e. The normalized spacial score (nSPS) is 19.8. The SMILES string of the molecule is Cc1ccc2c(c1)N(C(=O)COc1ccccc1)C(C)(C)C[C@@]2(C)c1ccccc1. The van der Waals surface area contributed by atoms with Gasteiger partial charge in [-0.1, -0.05) is 67.6 Å². The van der Waals surface area contributed by atoms with E-state index in [0.717, 1.165) is 17.7 Å². The molecule has 0 bridgehead atoms. The van der Waals surface area contributed by atoms with E-state index in [0.29, 0.717) is 5.75 Å². The minimum atomic E-state index is -0.359. The first-order valence-corrected chi connectivity index (χ1v) is 10.5. The molecule has 3 nitrogen and oxygen atoms in total. The predicted molar refractivity (Wildman–Crippen MR) is 122 cm³/mol. The Hall–Kier alpha value is -3.07. The molecular weight excluding hydrogens is 370 g/mol. The molecule has 0 aliphatic carbocycles. The number of rotatable bonds is 4. The molecule has 1 heterocycles. The highest BCUT2D eigenvalue weighted by atomic mass is 16.5. The molecule has 0 spiro atoms. The zero-order chi connectivity index (χ0) is 21.4. The van der Waals surface area contributed by atoms with Crippen LogP contribution in [0.25, 0.3) is 0 Å². The van der Waals surface area contributed by atoms with Crippen LogP contribution in [0, 0.1) is 6.92 Å². The largest absolute Gasteiger partial charge is 0.484 e. The van der Waals surface area contributed by atoms with Crippen molar-refractivity contribution < 1.29 is 9.53 Å². The average Bonchev–Trinajstić information content (AvgIpc) is 2.72. The van der Waals surface area contributed by atoms with Gasteiger partial charge in [0.15, 0.2) is 6.61 Å². The van der Waals surface area contributed by atoms with Crippen molar-refractivity contribution in [2.24, 2.45) is 0 Å². The number of amides is 1. The highest BCUT2D eigenvalue weighted by Gasteiger charge is 2.47. The molecule has 0 saturated carbocycles. The van der Waals surface area contributed by atoms with E-state index in [-0.39, 0.29) is 23.5 Å². The minimum absolute atomic E-state index is 0.0167. The molecule has 3 heteroatoms. The van der Waals surface area contributed by atoms with E-state index < -0.39 is 0 Å². The maximum absolute atomic E-state index is 13.4. The van der Waals surface area contributed by atoms with E-state index >= 15 is 0 Å². The summed E-state index contributed by atoms with van der Waals surface area (Å²) < 4.78 is 5.81. The Morgan fingerprint density at radius 2 is 1.57 bits per heavy atom.